The van der Waals surface area contributed by atoms with Gasteiger partial charge in [0.2, 0.25) is 0 Å². The van der Waals surface area contributed by atoms with Crippen LogP contribution in [0.15, 0.2) is 72.4 Å². The van der Waals surface area contributed by atoms with E-state index in [1.54, 1.807) is 24.4 Å². The van der Waals surface area contributed by atoms with Crippen LogP contribution in [0.4, 0.5) is 0 Å². The van der Waals surface area contributed by atoms with E-state index < -0.39 is 17.7 Å². The number of hydrogen-bond donors (Lipinski definition) is 1. The number of nitrogens with zero attached hydrogens (tertiary/aromatic N) is 2. The Morgan fingerprint density at radius 2 is 1.76 bits per heavy atom. The molecule has 1 fully saturated rings. The third-order valence-corrected chi connectivity index (χ3v) is 6.45. The highest BCUT2D eigenvalue weighted by Crippen LogP contribution is 2.41. The molecule has 2 heterocycles. The van der Waals surface area contributed by atoms with E-state index in [4.69, 9.17) is 23.2 Å². The molecule has 0 radical (unpaired) electrons. The van der Waals surface area contributed by atoms with Crippen LogP contribution in [-0.2, 0) is 16.1 Å². The lowest BCUT2D eigenvalue weighted by molar-refractivity contribution is -0.140. The Bertz CT molecular complexity index is 1240. The topological polar surface area (TPSA) is 70.5 Å². The van der Waals surface area contributed by atoms with E-state index >= 15 is 0 Å². The second-order valence-corrected chi connectivity index (χ2v) is 9.01. The molecule has 2 aromatic carbocycles. The van der Waals surface area contributed by atoms with Crippen LogP contribution in [-0.4, -0.2) is 26.7 Å². The molecule has 1 aromatic heterocycles. The molecule has 1 unspecified atom stereocenters. The fraction of sp³-hybridized carbons (Fsp3) is 0.192. The summed E-state index contributed by atoms with van der Waals surface area (Å²) in [6.45, 7) is 4.30. The average Bonchev–Trinajstić information content (AvgIpc) is 3.06. The van der Waals surface area contributed by atoms with Crippen molar-refractivity contribution in [3.05, 3.63) is 105 Å². The van der Waals surface area contributed by atoms with Crippen molar-refractivity contribution < 1.29 is 14.7 Å². The monoisotopic (exact) mass is 480 g/mol. The molecule has 1 aliphatic heterocycles. The average molecular weight is 481 g/mol. The fourth-order valence-corrected chi connectivity index (χ4v) is 4.22. The standard InChI is InChI=1S/C26H22Cl2N2O3/c1-15(2)16-6-8-17(9-7-16)23-22(24(31)18-10-11-20(27)21(28)13-18)25(32)26(33)30(23)14-19-5-3-4-12-29-19/h3-13,15,23,31H,14H2,1-2H3/b24-22-. The SMILES string of the molecule is CC(C)c1ccc(C2/C(=C(/O)c3ccc(Cl)c(Cl)c3)C(=O)C(=O)N2Cc2ccccn2)cc1. The Hall–Kier alpha value is -3.15. The number of halogens is 2. The van der Waals surface area contributed by atoms with Gasteiger partial charge in [-0.3, -0.25) is 14.6 Å². The highest BCUT2D eigenvalue weighted by atomic mass is 35.5. The number of benzene rings is 2. The minimum Gasteiger partial charge on any atom is -0.507 e. The van der Waals surface area contributed by atoms with Gasteiger partial charge in [-0.2, -0.15) is 0 Å². The summed E-state index contributed by atoms with van der Waals surface area (Å²) in [5.41, 5.74) is 2.80. The van der Waals surface area contributed by atoms with Crippen molar-refractivity contribution in [3.63, 3.8) is 0 Å². The van der Waals surface area contributed by atoms with Gasteiger partial charge in [0.1, 0.15) is 5.76 Å². The quantitative estimate of drug-likeness (QED) is 0.270. The highest BCUT2D eigenvalue weighted by molar-refractivity contribution is 6.46. The molecular formula is C26H22Cl2N2O3. The number of hydrogen-bond acceptors (Lipinski definition) is 4. The maximum Gasteiger partial charge on any atom is 0.296 e. The highest BCUT2D eigenvalue weighted by Gasteiger charge is 2.46. The van der Waals surface area contributed by atoms with Gasteiger partial charge in [-0.1, -0.05) is 67.4 Å². The molecule has 1 saturated heterocycles. The van der Waals surface area contributed by atoms with E-state index in [0.717, 1.165) is 11.1 Å². The normalized spacial score (nSPS) is 17.7. The third kappa shape index (κ3) is 4.52. The molecule has 3 aromatic rings. The van der Waals surface area contributed by atoms with Gasteiger partial charge in [0.15, 0.2) is 0 Å². The molecule has 0 aliphatic carbocycles. The fourth-order valence-electron chi connectivity index (χ4n) is 3.92. The van der Waals surface area contributed by atoms with Crippen molar-refractivity contribution in [2.24, 2.45) is 0 Å². The minimum absolute atomic E-state index is 0.00613. The Morgan fingerprint density at radius 1 is 1.03 bits per heavy atom. The predicted octanol–water partition coefficient (Wildman–Crippen LogP) is 6.13. The van der Waals surface area contributed by atoms with Crippen LogP contribution in [0.2, 0.25) is 10.0 Å². The lowest BCUT2D eigenvalue weighted by Crippen LogP contribution is -2.29. The number of carbonyl (C=O) groups excluding carboxylic acids is 2. The summed E-state index contributed by atoms with van der Waals surface area (Å²) in [7, 11) is 0. The summed E-state index contributed by atoms with van der Waals surface area (Å²) < 4.78 is 0. The summed E-state index contributed by atoms with van der Waals surface area (Å²) >= 11 is 12.1. The molecule has 33 heavy (non-hydrogen) atoms. The lowest BCUT2D eigenvalue weighted by Gasteiger charge is -2.25. The largest absolute Gasteiger partial charge is 0.507 e. The van der Waals surface area contributed by atoms with Crippen LogP contribution in [0.25, 0.3) is 5.76 Å². The zero-order valence-corrected chi connectivity index (χ0v) is 19.6. The first kappa shape index (κ1) is 23.0. The number of rotatable bonds is 5. The molecule has 0 saturated carbocycles. The number of ketones is 1. The first-order chi connectivity index (χ1) is 15.8. The summed E-state index contributed by atoms with van der Waals surface area (Å²) in [4.78, 5) is 32.0. The van der Waals surface area contributed by atoms with Gasteiger partial charge in [0.25, 0.3) is 11.7 Å². The molecule has 5 nitrogen and oxygen atoms in total. The molecular weight excluding hydrogens is 459 g/mol. The number of amides is 1. The maximum atomic E-state index is 13.1. The van der Waals surface area contributed by atoms with Gasteiger partial charge in [0.05, 0.1) is 33.9 Å². The Labute approximate surface area is 202 Å². The van der Waals surface area contributed by atoms with E-state index in [0.29, 0.717) is 22.2 Å². The number of pyridine rings is 1. The van der Waals surface area contributed by atoms with Crippen molar-refractivity contribution in [2.45, 2.75) is 32.4 Å². The molecule has 0 spiro atoms. The number of Topliss-reactive ketones (excluding diaryl/α,β-unsaturated/α-hetero) is 1. The second-order valence-electron chi connectivity index (χ2n) is 8.20. The van der Waals surface area contributed by atoms with E-state index in [2.05, 4.69) is 18.8 Å². The number of aliphatic hydroxyl groups excluding tert-OH is 1. The maximum absolute atomic E-state index is 13.1. The number of aliphatic hydroxyl groups is 1. The first-order valence-corrected chi connectivity index (χ1v) is 11.3. The summed E-state index contributed by atoms with van der Waals surface area (Å²) in [5, 5.41) is 11.7. The summed E-state index contributed by atoms with van der Waals surface area (Å²) in [5.74, 6) is -1.42. The molecule has 1 amide bonds. The molecule has 168 valence electrons. The van der Waals surface area contributed by atoms with Gasteiger partial charge >= 0.3 is 0 Å². The zero-order valence-electron chi connectivity index (χ0n) is 18.1. The second kappa shape index (κ2) is 9.38. The Kier molecular flexibility index (Phi) is 6.54. The van der Waals surface area contributed by atoms with Crippen molar-refractivity contribution in [1.82, 2.24) is 9.88 Å². The number of carbonyl (C=O) groups is 2. The number of aromatic nitrogens is 1. The Balaban J connectivity index is 1.86. The van der Waals surface area contributed by atoms with E-state index in [9.17, 15) is 14.7 Å². The van der Waals surface area contributed by atoms with Crippen molar-refractivity contribution >= 4 is 40.7 Å². The van der Waals surface area contributed by atoms with Crippen LogP contribution in [0.3, 0.4) is 0 Å². The predicted molar refractivity (Wildman–Crippen MR) is 129 cm³/mol. The third-order valence-electron chi connectivity index (χ3n) is 5.71. The van der Waals surface area contributed by atoms with Crippen LogP contribution < -0.4 is 0 Å². The van der Waals surface area contributed by atoms with Crippen molar-refractivity contribution in [3.8, 4) is 0 Å². The summed E-state index contributed by atoms with van der Waals surface area (Å²) in [6.07, 6.45) is 1.63. The molecule has 0 bridgehead atoms. The van der Waals surface area contributed by atoms with Crippen molar-refractivity contribution in [1.29, 1.82) is 0 Å². The van der Waals surface area contributed by atoms with Gasteiger partial charge < -0.3 is 10.0 Å². The zero-order chi connectivity index (χ0) is 23.7. The van der Waals surface area contributed by atoms with Gasteiger partial charge in [-0.05, 0) is 47.4 Å². The molecule has 4 rings (SSSR count). The smallest absolute Gasteiger partial charge is 0.296 e. The van der Waals surface area contributed by atoms with Crippen molar-refractivity contribution in [2.75, 3.05) is 0 Å². The minimum atomic E-state index is -0.775. The van der Waals surface area contributed by atoms with Crippen LogP contribution in [0.5, 0.6) is 0 Å². The number of likely N-dealkylation sites (tertiary alicyclic amines) is 1. The molecule has 1 aliphatic rings. The van der Waals surface area contributed by atoms with Crippen LogP contribution in [0, 0.1) is 0 Å². The van der Waals surface area contributed by atoms with Gasteiger partial charge in [-0.25, -0.2) is 0 Å². The van der Waals surface area contributed by atoms with Crippen LogP contribution >= 0.6 is 23.2 Å². The van der Waals surface area contributed by atoms with Gasteiger partial charge in [-0.15, -0.1) is 0 Å². The molecule has 1 atom stereocenters. The van der Waals surface area contributed by atoms with E-state index in [-0.39, 0.29) is 22.9 Å². The summed E-state index contributed by atoms with van der Waals surface area (Å²) in [6, 6.07) is 16.9. The van der Waals surface area contributed by atoms with Gasteiger partial charge in [0, 0.05) is 11.8 Å². The van der Waals surface area contributed by atoms with E-state index in [1.807, 2.05) is 30.3 Å². The first-order valence-electron chi connectivity index (χ1n) is 10.5. The lowest BCUT2D eigenvalue weighted by atomic mass is 9.93. The Morgan fingerprint density at radius 3 is 2.36 bits per heavy atom. The van der Waals surface area contributed by atoms with E-state index in [1.165, 1.54) is 17.0 Å². The van der Waals surface area contributed by atoms with Crippen LogP contribution in [0.1, 0.15) is 48.2 Å². The molecule has 1 N–H and O–H groups in total. The molecule has 7 heteroatoms.